The summed E-state index contributed by atoms with van der Waals surface area (Å²) in [5, 5.41) is 2.65. The van der Waals surface area contributed by atoms with E-state index < -0.39 is 29.7 Å². The SMILES string of the molecule is C=C(CC(=O)NC(C)c1ccc(C(F)(F)F)cc1)C(=O)OC1CCN(C)CC1. The lowest BCUT2D eigenvalue weighted by Gasteiger charge is -2.28. The third-order valence-corrected chi connectivity index (χ3v) is 4.72. The largest absolute Gasteiger partial charge is 0.459 e. The highest BCUT2D eigenvalue weighted by Crippen LogP contribution is 2.29. The van der Waals surface area contributed by atoms with Crippen molar-refractivity contribution >= 4 is 11.9 Å². The van der Waals surface area contributed by atoms with Crippen LogP contribution in [0.4, 0.5) is 13.2 Å². The molecule has 1 aromatic rings. The van der Waals surface area contributed by atoms with Gasteiger partial charge in [0.05, 0.1) is 18.0 Å². The van der Waals surface area contributed by atoms with Crippen molar-refractivity contribution in [1.29, 1.82) is 0 Å². The van der Waals surface area contributed by atoms with Gasteiger partial charge in [-0.3, -0.25) is 4.79 Å². The van der Waals surface area contributed by atoms with Gasteiger partial charge in [0.25, 0.3) is 0 Å². The first-order valence-corrected chi connectivity index (χ1v) is 9.10. The summed E-state index contributed by atoms with van der Waals surface area (Å²) in [5.41, 5.74) is -0.170. The molecule has 0 bridgehead atoms. The van der Waals surface area contributed by atoms with E-state index in [0.717, 1.165) is 38.1 Å². The zero-order chi connectivity index (χ0) is 20.9. The van der Waals surface area contributed by atoms with Crippen molar-refractivity contribution in [3.8, 4) is 0 Å². The Balaban J connectivity index is 1.81. The second-order valence-corrected chi connectivity index (χ2v) is 7.10. The number of hydrogen-bond acceptors (Lipinski definition) is 4. The number of carbonyl (C=O) groups excluding carboxylic acids is 2. The molecule has 0 spiro atoms. The van der Waals surface area contributed by atoms with Gasteiger partial charge in [0.2, 0.25) is 5.91 Å². The van der Waals surface area contributed by atoms with Gasteiger partial charge in [0, 0.05) is 18.7 Å². The fraction of sp³-hybridized carbons (Fsp3) is 0.500. The third-order valence-electron chi connectivity index (χ3n) is 4.72. The fourth-order valence-corrected chi connectivity index (χ4v) is 2.94. The lowest BCUT2D eigenvalue weighted by Crippen LogP contribution is -2.35. The van der Waals surface area contributed by atoms with Gasteiger partial charge >= 0.3 is 12.1 Å². The Morgan fingerprint density at radius 2 is 1.82 bits per heavy atom. The molecular weight excluding hydrogens is 373 g/mol. The van der Waals surface area contributed by atoms with Crippen molar-refractivity contribution in [3.63, 3.8) is 0 Å². The van der Waals surface area contributed by atoms with Crippen molar-refractivity contribution in [3.05, 3.63) is 47.5 Å². The van der Waals surface area contributed by atoms with E-state index >= 15 is 0 Å². The maximum Gasteiger partial charge on any atom is 0.416 e. The van der Waals surface area contributed by atoms with Crippen LogP contribution in [-0.4, -0.2) is 43.0 Å². The van der Waals surface area contributed by atoms with Crippen LogP contribution in [0.25, 0.3) is 0 Å². The molecule has 5 nitrogen and oxygen atoms in total. The average Bonchev–Trinajstić information content (AvgIpc) is 2.62. The van der Waals surface area contributed by atoms with Gasteiger partial charge in [-0.05, 0) is 44.5 Å². The monoisotopic (exact) mass is 398 g/mol. The number of piperidine rings is 1. The summed E-state index contributed by atoms with van der Waals surface area (Å²) in [6.07, 6.45) is -3.32. The maximum atomic E-state index is 12.6. The molecule has 154 valence electrons. The Bertz CT molecular complexity index is 708. The van der Waals surface area contributed by atoms with Crippen LogP contribution < -0.4 is 5.32 Å². The zero-order valence-corrected chi connectivity index (χ0v) is 16.0. The lowest BCUT2D eigenvalue weighted by atomic mass is 10.1. The van der Waals surface area contributed by atoms with E-state index in [1.165, 1.54) is 12.1 Å². The van der Waals surface area contributed by atoms with Crippen LogP contribution in [0.3, 0.4) is 0 Å². The first-order chi connectivity index (χ1) is 13.1. The highest BCUT2D eigenvalue weighted by molar-refractivity contribution is 5.94. The van der Waals surface area contributed by atoms with E-state index in [-0.39, 0.29) is 18.1 Å². The first kappa shape index (κ1) is 21.9. The van der Waals surface area contributed by atoms with Gasteiger partial charge in [0.1, 0.15) is 6.10 Å². The first-order valence-electron chi connectivity index (χ1n) is 9.10. The van der Waals surface area contributed by atoms with E-state index in [0.29, 0.717) is 5.56 Å². The van der Waals surface area contributed by atoms with Gasteiger partial charge in [-0.15, -0.1) is 0 Å². The molecule has 8 heteroatoms. The minimum atomic E-state index is -4.41. The van der Waals surface area contributed by atoms with E-state index in [1.807, 2.05) is 7.05 Å². The molecule has 1 saturated heterocycles. The van der Waals surface area contributed by atoms with Crippen LogP contribution in [0.1, 0.15) is 43.4 Å². The number of benzene rings is 1. The number of halogens is 3. The summed E-state index contributed by atoms with van der Waals surface area (Å²) < 4.78 is 43.2. The van der Waals surface area contributed by atoms with Crippen LogP contribution in [0.15, 0.2) is 36.4 Å². The minimum absolute atomic E-state index is 0.0519. The molecule has 1 aliphatic heterocycles. The topological polar surface area (TPSA) is 58.6 Å². The molecule has 1 atom stereocenters. The summed E-state index contributed by atoms with van der Waals surface area (Å²) >= 11 is 0. The summed E-state index contributed by atoms with van der Waals surface area (Å²) in [4.78, 5) is 26.4. The standard InChI is InChI=1S/C20H25F3N2O3/c1-13(19(27)28-17-8-10-25(3)11-9-17)12-18(26)24-14(2)15-4-6-16(7-5-15)20(21,22)23/h4-7,14,17H,1,8-12H2,2-3H3,(H,24,26). The number of alkyl halides is 3. The number of ether oxygens (including phenoxy) is 1. The van der Waals surface area contributed by atoms with Crippen molar-refractivity contribution in [1.82, 2.24) is 10.2 Å². The van der Waals surface area contributed by atoms with Crippen LogP contribution in [0.5, 0.6) is 0 Å². The molecule has 0 aromatic heterocycles. The molecule has 0 saturated carbocycles. The maximum absolute atomic E-state index is 12.6. The van der Waals surface area contributed by atoms with Crippen LogP contribution in [0, 0.1) is 0 Å². The Morgan fingerprint density at radius 1 is 1.25 bits per heavy atom. The van der Waals surface area contributed by atoms with E-state index in [4.69, 9.17) is 4.74 Å². The van der Waals surface area contributed by atoms with E-state index in [1.54, 1.807) is 6.92 Å². The van der Waals surface area contributed by atoms with E-state index in [9.17, 15) is 22.8 Å². The Labute approximate surface area is 162 Å². The van der Waals surface area contributed by atoms with Crippen molar-refractivity contribution in [2.45, 2.75) is 44.5 Å². The van der Waals surface area contributed by atoms with Crippen molar-refractivity contribution < 1.29 is 27.5 Å². The minimum Gasteiger partial charge on any atom is -0.459 e. The predicted molar refractivity (Wildman–Crippen MR) is 98.4 cm³/mol. The molecule has 0 radical (unpaired) electrons. The summed E-state index contributed by atoms with van der Waals surface area (Å²) in [6.45, 7) is 6.96. The lowest BCUT2D eigenvalue weighted by molar-refractivity contribution is -0.147. The highest BCUT2D eigenvalue weighted by atomic mass is 19.4. The Kier molecular flexibility index (Phi) is 7.23. The summed E-state index contributed by atoms with van der Waals surface area (Å²) in [7, 11) is 2.00. The van der Waals surface area contributed by atoms with Gasteiger partial charge in [-0.2, -0.15) is 13.2 Å². The second-order valence-electron chi connectivity index (χ2n) is 7.10. The Hall–Kier alpha value is -2.35. The number of amides is 1. The number of hydrogen-bond donors (Lipinski definition) is 1. The molecular formula is C20H25F3N2O3. The summed E-state index contributed by atoms with van der Waals surface area (Å²) in [6, 6.07) is 4.06. The number of nitrogens with zero attached hydrogens (tertiary/aromatic N) is 1. The van der Waals surface area contributed by atoms with Crippen LogP contribution >= 0.6 is 0 Å². The number of rotatable bonds is 6. The number of esters is 1. The summed E-state index contributed by atoms with van der Waals surface area (Å²) in [5.74, 6) is -1.04. The highest BCUT2D eigenvalue weighted by Gasteiger charge is 2.30. The number of carbonyl (C=O) groups is 2. The second kappa shape index (κ2) is 9.23. The molecule has 1 aliphatic rings. The Morgan fingerprint density at radius 3 is 2.36 bits per heavy atom. The zero-order valence-electron chi connectivity index (χ0n) is 16.0. The van der Waals surface area contributed by atoms with Crippen LogP contribution in [-0.2, 0) is 20.5 Å². The predicted octanol–water partition coefficient (Wildman–Crippen LogP) is 3.47. The normalized spacial score (nSPS) is 17.0. The van der Waals surface area contributed by atoms with Crippen LogP contribution in [0.2, 0.25) is 0 Å². The quantitative estimate of drug-likeness (QED) is 0.589. The van der Waals surface area contributed by atoms with Crippen molar-refractivity contribution in [2.24, 2.45) is 0 Å². The molecule has 28 heavy (non-hydrogen) atoms. The molecule has 1 aromatic carbocycles. The molecule has 1 fully saturated rings. The number of nitrogens with one attached hydrogen (secondary N) is 1. The molecule has 1 heterocycles. The molecule has 2 rings (SSSR count). The smallest absolute Gasteiger partial charge is 0.416 e. The third kappa shape index (κ3) is 6.37. The van der Waals surface area contributed by atoms with Crippen molar-refractivity contribution in [2.75, 3.05) is 20.1 Å². The number of likely N-dealkylation sites (tertiary alicyclic amines) is 1. The van der Waals surface area contributed by atoms with Gasteiger partial charge in [-0.25, -0.2) is 4.79 Å². The van der Waals surface area contributed by atoms with Gasteiger partial charge in [0.15, 0.2) is 0 Å². The molecule has 0 aliphatic carbocycles. The fourth-order valence-electron chi connectivity index (χ4n) is 2.94. The molecule has 1 amide bonds. The van der Waals surface area contributed by atoms with Gasteiger partial charge < -0.3 is 15.0 Å². The van der Waals surface area contributed by atoms with E-state index in [2.05, 4.69) is 16.8 Å². The molecule has 1 unspecified atom stereocenters. The molecule has 1 N–H and O–H groups in total. The average molecular weight is 398 g/mol. The van der Waals surface area contributed by atoms with Gasteiger partial charge in [-0.1, -0.05) is 18.7 Å².